The zero-order chi connectivity index (χ0) is 20.1. The largest absolute Gasteiger partial charge is 0.381 e. The van der Waals surface area contributed by atoms with Crippen molar-refractivity contribution in [3.05, 3.63) is 29.8 Å². The Bertz CT molecular complexity index is 907. The lowest BCUT2D eigenvalue weighted by atomic mass is 10.1. The number of nitrogens with one attached hydrogen (secondary N) is 4. The van der Waals surface area contributed by atoms with Crippen LogP contribution in [0.1, 0.15) is 30.3 Å². The molecule has 2 fully saturated rings. The van der Waals surface area contributed by atoms with Gasteiger partial charge in [-0.25, -0.2) is 9.97 Å². The van der Waals surface area contributed by atoms with Crippen LogP contribution in [0.5, 0.6) is 0 Å². The number of morpholine rings is 1. The van der Waals surface area contributed by atoms with E-state index in [0.717, 1.165) is 18.8 Å². The topological polar surface area (TPSA) is 150 Å². The van der Waals surface area contributed by atoms with Gasteiger partial charge >= 0.3 is 0 Å². The van der Waals surface area contributed by atoms with Gasteiger partial charge < -0.3 is 26.0 Å². The minimum absolute atomic E-state index is 0.0117. The molecule has 4 rings (SSSR count). The van der Waals surface area contributed by atoms with Crippen LogP contribution in [0.4, 0.5) is 17.3 Å². The van der Waals surface area contributed by atoms with Gasteiger partial charge in [0.15, 0.2) is 11.5 Å². The Labute approximate surface area is 167 Å². The number of hydrogen-bond acceptors (Lipinski definition) is 10. The summed E-state index contributed by atoms with van der Waals surface area (Å²) in [5, 5.41) is 30.0. The number of carbonyl (C=O) groups excluding carboxylic acids is 1. The Hall–Kier alpha value is -3.36. The smallest absolute Gasteiger partial charge is 0.220 e. The molecule has 0 aliphatic carbocycles. The third-order valence-corrected chi connectivity index (χ3v) is 4.69. The predicted octanol–water partition coefficient (Wildman–Crippen LogP) is 0.233. The Kier molecular flexibility index (Phi) is 5.73. The number of carbonyl (C=O) groups is 1. The summed E-state index contributed by atoms with van der Waals surface area (Å²) in [6.45, 7) is 2.90. The van der Waals surface area contributed by atoms with Crippen molar-refractivity contribution in [2.24, 2.45) is 0 Å². The summed E-state index contributed by atoms with van der Waals surface area (Å²) >= 11 is 0. The van der Waals surface area contributed by atoms with Gasteiger partial charge in [0.25, 0.3) is 0 Å². The van der Waals surface area contributed by atoms with Gasteiger partial charge in [-0.2, -0.15) is 5.26 Å². The van der Waals surface area contributed by atoms with Crippen LogP contribution in [0.2, 0.25) is 0 Å². The first-order valence-electron chi connectivity index (χ1n) is 9.43. The number of amides is 1. The summed E-state index contributed by atoms with van der Waals surface area (Å²) in [7, 11) is 0. The molecule has 150 valence electrons. The highest BCUT2D eigenvalue weighted by atomic mass is 16.5. The van der Waals surface area contributed by atoms with Gasteiger partial charge in [0.05, 0.1) is 36.8 Å². The maximum Gasteiger partial charge on any atom is 0.220 e. The molecule has 0 aromatic carbocycles. The van der Waals surface area contributed by atoms with Crippen molar-refractivity contribution in [3.8, 4) is 6.07 Å². The van der Waals surface area contributed by atoms with Crippen molar-refractivity contribution in [2.75, 3.05) is 36.9 Å². The lowest BCUT2D eigenvalue weighted by molar-refractivity contribution is -0.119. The van der Waals surface area contributed by atoms with Crippen molar-refractivity contribution in [2.45, 2.75) is 25.0 Å². The number of rotatable bonds is 6. The Morgan fingerprint density at radius 1 is 1.28 bits per heavy atom. The Balaban J connectivity index is 1.52. The van der Waals surface area contributed by atoms with Crippen LogP contribution >= 0.6 is 0 Å². The number of ether oxygens (including phenoxy) is 1. The average Bonchev–Trinajstić information content (AvgIpc) is 3.20. The van der Waals surface area contributed by atoms with Crippen LogP contribution in [0.25, 0.3) is 0 Å². The van der Waals surface area contributed by atoms with E-state index in [4.69, 9.17) is 10.00 Å². The fraction of sp³-hybridized carbons (Fsp3) is 0.444. The van der Waals surface area contributed by atoms with E-state index in [2.05, 4.69) is 41.4 Å². The van der Waals surface area contributed by atoms with Crippen molar-refractivity contribution < 1.29 is 9.53 Å². The maximum atomic E-state index is 11.6. The van der Waals surface area contributed by atoms with Crippen LogP contribution in [0.3, 0.4) is 0 Å². The van der Waals surface area contributed by atoms with E-state index in [1.807, 2.05) is 12.1 Å². The van der Waals surface area contributed by atoms with Gasteiger partial charge in [0.2, 0.25) is 5.91 Å². The lowest BCUT2D eigenvalue weighted by Gasteiger charge is -2.25. The Morgan fingerprint density at radius 3 is 2.90 bits per heavy atom. The molecule has 0 bridgehead atoms. The third-order valence-electron chi connectivity index (χ3n) is 4.69. The summed E-state index contributed by atoms with van der Waals surface area (Å²) in [6.07, 6.45) is 4.04. The maximum absolute atomic E-state index is 11.6. The highest BCUT2D eigenvalue weighted by Crippen LogP contribution is 2.29. The van der Waals surface area contributed by atoms with Gasteiger partial charge in [-0.15, -0.1) is 10.2 Å². The summed E-state index contributed by atoms with van der Waals surface area (Å²) in [6, 6.07) is 3.57. The first-order chi connectivity index (χ1) is 14.2. The van der Waals surface area contributed by atoms with E-state index >= 15 is 0 Å². The minimum Gasteiger partial charge on any atom is -0.381 e. The number of nitrogens with zero attached hydrogens (tertiary/aromatic N) is 5. The van der Waals surface area contributed by atoms with Gasteiger partial charge in [0, 0.05) is 32.1 Å². The molecule has 0 saturated carbocycles. The highest BCUT2D eigenvalue weighted by molar-refractivity contribution is 5.79. The molecule has 0 spiro atoms. The fourth-order valence-corrected chi connectivity index (χ4v) is 3.24. The quantitative estimate of drug-likeness (QED) is 0.535. The molecule has 2 unspecified atom stereocenters. The number of nitriles is 1. The second-order valence-electron chi connectivity index (χ2n) is 6.79. The number of anilines is 3. The molecule has 2 saturated heterocycles. The average molecular weight is 395 g/mol. The first kappa shape index (κ1) is 19.0. The van der Waals surface area contributed by atoms with Gasteiger partial charge in [0.1, 0.15) is 17.6 Å². The van der Waals surface area contributed by atoms with Gasteiger partial charge in [-0.1, -0.05) is 0 Å². The summed E-state index contributed by atoms with van der Waals surface area (Å²) in [4.78, 5) is 19.8. The minimum atomic E-state index is -0.174. The summed E-state index contributed by atoms with van der Waals surface area (Å²) in [5.41, 5.74) is 1.69. The molecule has 2 aromatic heterocycles. The zero-order valence-electron chi connectivity index (χ0n) is 15.7. The van der Waals surface area contributed by atoms with E-state index < -0.39 is 0 Å². The molecule has 1 amide bonds. The molecule has 4 heterocycles. The first-order valence-corrected chi connectivity index (χ1v) is 9.43. The molecular formula is C18H21N9O2. The van der Waals surface area contributed by atoms with Crippen molar-refractivity contribution in [3.63, 3.8) is 0 Å². The molecule has 2 aliphatic rings. The highest BCUT2D eigenvalue weighted by Gasteiger charge is 2.27. The third kappa shape index (κ3) is 4.74. The molecule has 11 heteroatoms. The van der Waals surface area contributed by atoms with Crippen molar-refractivity contribution >= 4 is 23.2 Å². The fourth-order valence-electron chi connectivity index (χ4n) is 3.24. The second kappa shape index (κ2) is 8.76. The van der Waals surface area contributed by atoms with Crippen LogP contribution in [0.15, 0.2) is 18.5 Å². The normalized spacial score (nSPS) is 21.3. The SMILES string of the molecule is N#Cc1cnc(Nc2cc(NCC3CNCCO3)c(C3CCC(=O)N3)nn2)cn1. The summed E-state index contributed by atoms with van der Waals surface area (Å²) < 4.78 is 5.74. The lowest BCUT2D eigenvalue weighted by Crippen LogP contribution is -2.42. The monoisotopic (exact) mass is 395 g/mol. The molecule has 2 aliphatic heterocycles. The van der Waals surface area contributed by atoms with Gasteiger partial charge in [-0.05, 0) is 6.42 Å². The molecule has 2 aromatic rings. The standard InChI is InChI=1S/C18H21N9O2/c19-6-11-7-23-16(10-21-11)25-15-5-14(22-9-12-8-20-3-4-29-12)18(27-26-15)13-1-2-17(28)24-13/h5,7,10,12-13,20H,1-4,8-9H2,(H,24,28)(H2,22,23,25,26). The molecular weight excluding hydrogens is 374 g/mol. The van der Waals surface area contributed by atoms with Crippen LogP contribution in [0, 0.1) is 11.3 Å². The molecule has 11 nitrogen and oxygen atoms in total. The summed E-state index contributed by atoms with van der Waals surface area (Å²) in [5.74, 6) is 0.936. The number of hydrogen-bond donors (Lipinski definition) is 4. The van der Waals surface area contributed by atoms with Crippen molar-refractivity contribution in [1.29, 1.82) is 5.26 Å². The zero-order valence-corrected chi connectivity index (χ0v) is 15.7. The number of aromatic nitrogens is 4. The van der Waals surface area contributed by atoms with Crippen LogP contribution in [-0.2, 0) is 9.53 Å². The van der Waals surface area contributed by atoms with E-state index in [1.165, 1.54) is 12.4 Å². The van der Waals surface area contributed by atoms with E-state index in [-0.39, 0.29) is 23.7 Å². The molecule has 0 radical (unpaired) electrons. The Morgan fingerprint density at radius 2 is 2.21 bits per heavy atom. The van der Waals surface area contributed by atoms with Crippen LogP contribution in [-0.4, -0.2) is 58.4 Å². The van der Waals surface area contributed by atoms with E-state index in [1.54, 1.807) is 0 Å². The van der Waals surface area contributed by atoms with Crippen molar-refractivity contribution in [1.82, 2.24) is 30.8 Å². The van der Waals surface area contributed by atoms with Crippen LogP contribution < -0.4 is 21.3 Å². The second-order valence-corrected chi connectivity index (χ2v) is 6.79. The van der Waals surface area contributed by atoms with Gasteiger partial charge in [-0.3, -0.25) is 4.79 Å². The molecule has 4 N–H and O–H groups in total. The van der Waals surface area contributed by atoms with E-state index in [9.17, 15) is 4.79 Å². The predicted molar refractivity (Wildman–Crippen MR) is 103 cm³/mol. The molecule has 2 atom stereocenters. The van der Waals surface area contributed by atoms with E-state index in [0.29, 0.717) is 43.3 Å². The molecule has 29 heavy (non-hydrogen) atoms.